The first-order valence-corrected chi connectivity index (χ1v) is 4.96. The maximum Gasteiger partial charge on any atom is 0.377 e. The van der Waals surface area contributed by atoms with Crippen LogP contribution in [0.3, 0.4) is 0 Å². The Morgan fingerprint density at radius 2 is 2.43 bits per heavy atom. The largest absolute Gasteiger partial charge is 0.377 e. The quantitative estimate of drug-likeness (QED) is 0.752. The molecule has 2 heterocycles. The lowest BCUT2D eigenvalue weighted by atomic mass is 10.1. The van der Waals surface area contributed by atoms with Gasteiger partial charge in [0, 0.05) is 12.6 Å². The van der Waals surface area contributed by atoms with Crippen molar-refractivity contribution in [2.45, 2.75) is 32.2 Å². The number of H-pyrrole nitrogens is 1. The van der Waals surface area contributed by atoms with Crippen molar-refractivity contribution >= 4 is 0 Å². The molecule has 0 radical (unpaired) electrons. The lowest BCUT2D eigenvalue weighted by molar-refractivity contribution is 0.265. The van der Waals surface area contributed by atoms with E-state index in [-0.39, 0.29) is 11.6 Å². The summed E-state index contributed by atoms with van der Waals surface area (Å²) in [6.45, 7) is 6.33. The number of hydrogen-bond donors (Lipinski definition) is 1. The fourth-order valence-corrected chi connectivity index (χ4v) is 1.87. The second kappa shape index (κ2) is 3.57. The van der Waals surface area contributed by atoms with Gasteiger partial charge in [-0.25, -0.2) is 4.79 Å². The fraction of sp³-hybridized carbons (Fsp3) is 0.778. The van der Waals surface area contributed by atoms with Crippen LogP contribution in [0, 0.1) is 0 Å². The maximum absolute atomic E-state index is 10.8. The van der Waals surface area contributed by atoms with Gasteiger partial charge in [0.2, 0.25) is 5.89 Å². The molecule has 0 amide bonds. The maximum atomic E-state index is 10.8. The molecular formula is C9H15N3O2. The average molecular weight is 197 g/mol. The number of rotatable bonds is 2. The summed E-state index contributed by atoms with van der Waals surface area (Å²) in [5.74, 6) is 0.828. The molecule has 0 aliphatic carbocycles. The predicted octanol–water partition coefficient (Wildman–Crippen LogP) is 0.561. The molecule has 1 aromatic heterocycles. The Labute approximate surface area is 82.1 Å². The summed E-state index contributed by atoms with van der Waals surface area (Å²) < 4.78 is 5.00. The molecule has 0 saturated carbocycles. The lowest BCUT2D eigenvalue weighted by Gasteiger charge is -2.19. The molecule has 1 saturated heterocycles. The summed E-state index contributed by atoms with van der Waals surface area (Å²) in [6.07, 6.45) is 1.02. The zero-order chi connectivity index (χ0) is 10.1. The van der Waals surface area contributed by atoms with Gasteiger partial charge in [0.25, 0.3) is 0 Å². The van der Waals surface area contributed by atoms with Gasteiger partial charge in [-0.1, -0.05) is 0 Å². The molecule has 1 atom stereocenters. The predicted molar refractivity (Wildman–Crippen MR) is 51.2 cm³/mol. The second-order valence-electron chi connectivity index (χ2n) is 4.03. The molecule has 1 N–H and O–H groups in total. The number of nitrogens with one attached hydrogen (secondary N) is 1. The summed E-state index contributed by atoms with van der Waals surface area (Å²) >= 11 is 0. The van der Waals surface area contributed by atoms with Crippen LogP contribution in [0.4, 0.5) is 0 Å². The van der Waals surface area contributed by atoms with E-state index in [9.17, 15) is 4.79 Å². The third-order valence-electron chi connectivity index (χ3n) is 2.75. The van der Waals surface area contributed by atoms with Crippen LogP contribution in [0.15, 0.2) is 9.32 Å². The van der Waals surface area contributed by atoms with E-state index in [1.165, 1.54) is 0 Å². The first-order valence-electron chi connectivity index (χ1n) is 4.96. The third-order valence-corrected chi connectivity index (χ3v) is 2.75. The van der Waals surface area contributed by atoms with E-state index < -0.39 is 0 Å². The Balaban J connectivity index is 2.05. The van der Waals surface area contributed by atoms with Crippen LogP contribution in [0.2, 0.25) is 0 Å². The highest BCUT2D eigenvalue weighted by Crippen LogP contribution is 2.25. The smallest absolute Gasteiger partial charge is 0.362 e. The summed E-state index contributed by atoms with van der Waals surface area (Å²) in [5.41, 5.74) is -0.386. The van der Waals surface area contributed by atoms with Gasteiger partial charge in [0.15, 0.2) is 0 Å². The van der Waals surface area contributed by atoms with E-state index in [2.05, 4.69) is 28.9 Å². The van der Waals surface area contributed by atoms with Gasteiger partial charge in [-0.2, -0.15) is 10.1 Å². The summed E-state index contributed by atoms with van der Waals surface area (Å²) in [5, 5.41) is 2.23. The molecule has 2 rings (SSSR count). The monoisotopic (exact) mass is 197 g/mol. The Hall–Kier alpha value is -1.10. The molecule has 5 heteroatoms. The highest BCUT2D eigenvalue weighted by molar-refractivity contribution is 4.96. The van der Waals surface area contributed by atoms with Gasteiger partial charge in [-0.05, 0) is 26.8 Å². The van der Waals surface area contributed by atoms with Crippen molar-refractivity contribution in [3.8, 4) is 0 Å². The number of aromatic amines is 1. The van der Waals surface area contributed by atoms with Crippen LogP contribution in [-0.4, -0.2) is 34.2 Å². The van der Waals surface area contributed by atoms with Crippen molar-refractivity contribution in [3.63, 3.8) is 0 Å². The van der Waals surface area contributed by atoms with Gasteiger partial charge < -0.3 is 9.42 Å². The van der Waals surface area contributed by atoms with E-state index in [1.54, 1.807) is 0 Å². The highest BCUT2D eigenvalue weighted by Gasteiger charge is 2.28. The van der Waals surface area contributed by atoms with Crippen LogP contribution in [0.1, 0.15) is 32.1 Å². The summed E-state index contributed by atoms with van der Waals surface area (Å²) in [4.78, 5) is 16.9. The molecule has 14 heavy (non-hydrogen) atoms. The second-order valence-corrected chi connectivity index (χ2v) is 4.03. The molecule has 1 unspecified atom stereocenters. The summed E-state index contributed by atoms with van der Waals surface area (Å²) in [7, 11) is 0. The van der Waals surface area contributed by atoms with E-state index in [0.29, 0.717) is 11.9 Å². The third kappa shape index (κ3) is 1.72. The fourth-order valence-electron chi connectivity index (χ4n) is 1.87. The zero-order valence-corrected chi connectivity index (χ0v) is 8.49. The molecular weight excluding hydrogens is 182 g/mol. The SMILES string of the molecule is CC(C)N1CCC(c2nc(=O)[nH]o2)C1. The molecule has 0 aromatic carbocycles. The van der Waals surface area contributed by atoms with Gasteiger partial charge in [0.05, 0.1) is 5.92 Å². The van der Waals surface area contributed by atoms with Crippen molar-refractivity contribution in [1.29, 1.82) is 0 Å². The summed E-state index contributed by atoms with van der Waals surface area (Å²) in [6, 6.07) is 0.547. The molecule has 1 aliphatic heterocycles. The molecule has 5 nitrogen and oxygen atoms in total. The van der Waals surface area contributed by atoms with Crippen molar-refractivity contribution in [1.82, 2.24) is 15.0 Å². The normalized spacial score (nSPS) is 23.5. The van der Waals surface area contributed by atoms with Crippen LogP contribution >= 0.6 is 0 Å². The molecule has 0 spiro atoms. The Bertz CT molecular complexity index is 355. The highest BCUT2D eigenvalue weighted by atomic mass is 16.5. The minimum absolute atomic E-state index is 0.274. The first-order chi connectivity index (χ1) is 6.66. The Morgan fingerprint density at radius 3 is 2.93 bits per heavy atom. The van der Waals surface area contributed by atoms with Gasteiger partial charge >= 0.3 is 5.69 Å². The van der Waals surface area contributed by atoms with Crippen LogP contribution < -0.4 is 5.69 Å². The van der Waals surface area contributed by atoms with E-state index in [1.807, 2.05) is 0 Å². The lowest BCUT2D eigenvalue weighted by Crippen LogP contribution is -2.27. The van der Waals surface area contributed by atoms with Gasteiger partial charge in [0.1, 0.15) is 0 Å². The first kappa shape index (κ1) is 9.45. The van der Waals surface area contributed by atoms with E-state index in [0.717, 1.165) is 19.5 Å². The van der Waals surface area contributed by atoms with Gasteiger partial charge in [-0.15, -0.1) is 0 Å². The molecule has 1 fully saturated rings. The number of hydrogen-bond acceptors (Lipinski definition) is 4. The average Bonchev–Trinajstić information content (AvgIpc) is 2.70. The number of likely N-dealkylation sites (tertiary alicyclic amines) is 1. The van der Waals surface area contributed by atoms with Gasteiger partial charge in [-0.3, -0.25) is 0 Å². The Morgan fingerprint density at radius 1 is 1.64 bits per heavy atom. The van der Waals surface area contributed by atoms with E-state index >= 15 is 0 Å². The van der Waals surface area contributed by atoms with Crippen LogP contribution in [0.25, 0.3) is 0 Å². The molecule has 1 aliphatic rings. The van der Waals surface area contributed by atoms with Crippen LogP contribution in [-0.2, 0) is 0 Å². The Kier molecular flexibility index (Phi) is 2.41. The zero-order valence-electron chi connectivity index (χ0n) is 8.49. The molecule has 0 bridgehead atoms. The van der Waals surface area contributed by atoms with Crippen molar-refractivity contribution < 1.29 is 4.52 Å². The number of nitrogens with zero attached hydrogens (tertiary/aromatic N) is 2. The minimum Gasteiger partial charge on any atom is -0.362 e. The number of aromatic nitrogens is 2. The standard InChI is InChI=1S/C9H15N3O2/c1-6(2)12-4-3-7(5-12)8-10-9(13)11-14-8/h6-7H,3-5H2,1-2H3,(H,11,13). The van der Waals surface area contributed by atoms with E-state index in [4.69, 9.17) is 4.52 Å². The molecule has 78 valence electrons. The topological polar surface area (TPSA) is 62.1 Å². The van der Waals surface area contributed by atoms with Crippen molar-refractivity contribution in [2.75, 3.05) is 13.1 Å². The van der Waals surface area contributed by atoms with Crippen LogP contribution in [0.5, 0.6) is 0 Å². The molecule has 1 aromatic rings. The minimum atomic E-state index is -0.386. The van der Waals surface area contributed by atoms with Crippen molar-refractivity contribution in [2.24, 2.45) is 0 Å². The van der Waals surface area contributed by atoms with Crippen molar-refractivity contribution in [3.05, 3.63) is 16.4 Å².